The normalized spacial score (nSPS) is 10.4. The Morgan fingerprint density at radius 1 is 1.00 bits per heavy atom. The van der Waals surface area contributed by atoms with E-state index in [1.165, 1.54) is 24.4 Å². The fourth-order valence-corrected chi connectivity index (χ4v) is 2.57. The maximum absolute atomic E-state index is 13.6. The molecule has 0 spiro atoms. The Labute approximate surface area is 156 Å². The lowest BCUT2D eigenvalue weighted by molar-refractivity contribution is 0.0945. The molecule has 0 aliphatic rings. The Balaban J connectivity index is 1.53. The SMILES string of the molecule is O=C(NCc1ccccc1F)c1cc(NCCc2ccc(F)cc2)ccn1. The first-order valence-electron chi connectivity index (χ1n) is 8.58. The first-order chi connectivity index (χ1) is 13.1. The molecule has 1 heterocycles. The van der Waals surface area contributed by atoms with Crippen LogP contribution in [0.15, 0.2) is 66.9 Å². The molecule has 4 nitrogen and oxygen atoms in total. The predicted molar refractivity (Wildman–Crippen MR) is 100 cm³/mol. The van der Waals surface area contributed by atoms with Gasteiger partial charge in [-0.3, -0.25) is 9.78 Å². The van der Waals surface area contributed by atoms with Gasteiger partial charge in [0.2, 0.25) is 0 Å². The van der Waals surface area contributed by atoms with Crippen LogP contribution in [0.5, 0.6) is 0 Å². The van der Waals surface area contributed by atoms with E-state index in [1.54, 1.807) is 42.5 Å². The van der Waals surface area contributed by atoms with Gasteiger partial charge < -0.3 is 10.6 Å². The Hall–Kier alpha value is -3.28. The van der Waals surface area contributed by atoms with Crippen LogP contribution < -0.4 is 10.6 Å². The summed E-state index contributed by atoms with van der Waals surface area (Å²) in [7, 11) is 0. The third-order valence-electron chi connectivity index (χ3n) is 4.05. The van der Waals surface area contributed by atoms with Gasteiger partial charge in [0.05, 0.1) is 0 Å². The van der Waals surface area contributed by atoms with E-state index in [0.29, 0.717) is 12.1 Å². The zero-order valence-corrected chi connectivity index (χ0v) is 14.6. The molecule has 0 aliphatic carbocycles. The second-order valence-electron chi connectivity index (χ2n) is 6.01. The number of pyridine rings is 1. The van der Waals surface area contributed by atoms with Crippen LogP contribution >= 0.6 is 0 Å². The number of halogens is 2. The van der Waals surface area contributed by atoms with Crippen molar-refractivity contribution in [1.29, 1.82) is 0 Å². The molecule has 0 saturated carbocycles. The first kappa shape index (κ1) is 18.5. The van der Waals surface area contributed by atoms with Gasteiger partial charge in [-0.15, -0.1) is 0 Å². The van der Waals surface area contributed by atoms with E-state index in [-0.39, 0.29) is 29.8 Å². The standard InChI is InChI=1S/C21H19F2N3O/c22-17-7-5-15(6-8-17)9-11-24-18-10-12-25-20(13-18)21(27)26-14-16-3-1-2-4-19(16)23/h1-8,10,12-13H,9,11,14H2,(H,24,25)(H,26,27). The molecule has 3 rings (SSSR count). The second-order valence-corrected chi connectivity index (χ2v) is 6.01. The van der Waals surface area contributed by atoms with Crippen LogP contribution in [-0.4, -0.2) is 17.4 Å². The van der Waals surface area contributed by atoms with Crippen LogP contribution in [0.4, 0.5) is 14.5 Å². The minimum atomic E-state index is -0.375. The van der Waals surface area contributed by atoms with Gasteiger partial charge in [0.1, 0.15) is 17.3 Å². The van der Waals surface area contributed by atoms with Gasteiger partial charge in [-0.05, 0) is 42.3 Å². The van der Waals surface area contributed by atoms with Crippen molar-refractivity contribution in [2.24, 2.45) is 0 Å². The summed E-state index contributed by atoms with van der Waals surface area (Å²) >= 11 is 0. The van der Waals surface area contributed by atoms with Crippen molar-refractivity contribution >= 4 is 11.6 Å². The number of nitrogens with zero attached hydrogens (tertiary/aromatic N) is 1. The van der Waals surface area contributed by atoms with Crippen LogP contribution in [-0.2, 0) is 13.0 Å². The van der Waals surface area contributed by atoms with E-state index in [0.717, 1.165) is 17.7 Å². The summed E-state index contributed by atoms with van der Waals surface area (Å²) in [6, 6.07) is 16.0. The molecule has 0 aliphatic heterocycles. The van der Waals surface area contributed by atoms with Crippen molar-refractivity contribution < 1.29 is 13.6 Å². The van der Waals surface area contributed by atoms with Gasteiger partial charge in [0.25, 0.3) is 5.91 Å². The molecule has 0 unspecified atom stereocenters. The Morgan fingerprint density at radius 3 is 2.56 bits per heavy atom. The van der Waals surface area contributed by atoms with E-state index in [9.17, 15) is 13.6 Å². The topological polar surface area (TPSA) is 54.0 Å². The van der Waals surface area contributed by atoms with Gasteiger partial charge >= 0.3 is 0 Å². The van der Waals surface area contributed by atoms with Crippen molar-refractivity contribution in [3.8, 4) is 0 Å². The smallest absolute Gasteiger partial charge is 0.270 e. The summed E-state index contributed by atoms with van der Waals surface area (Å²) < 4.78 is 26.5. The van der Waals surface area contributed by atoms with E-state index < -0.39 is 0 Å². The fraction of sp³-hybridized carbons (Fsp3) is 0.143. The van der Waals surface area contributed by atoms with E-state index in [4.69, 9.17) is 0 Å². The molecular formula is C21H19F2N3O. The Morgan fingerprint density at radius 2 is 1.78 bits per heavy atom. The van der Waals surface area contributed by atoms with Gasteiger partial charge in [0.15, 0.2) is 0 Å². The van der Waals surface area contributed by atoms with Gasteiger partial charge in [-0.1, -0.05) is 30.3 Å². The number of amides is 1. The maximum Gasteiger partial charge on any atom is 0.270 e. The van der Waals surface area contributed by atoms with E-state index >= 15 is 0 Å². The number of benzene rings is 2. The number of hydrogen-bond acceptors (Lipinski definition) is 3. The monoisotopic (exact) mass is 367 g/mol. The van der Waals surface area contributed by atoms with E-state index in [1.807, 2.05) is 0 Å². The number of hydrogen-bond donors (Lipinski definition) is 2. The molecule has 27 heavy (non-hydrogen) atoms. The van der Waals surface area contributed by atoms with Crippen LogP contribution in [0.25, 0.3) is 0 Å². The molecule has 1 aromatic heterocycles. The third kappa shape index (κ3) is 5.34. The molecule has 0 saturated heterocycles. The number of anilines is 1. The minimum Gasteiger partial charge on any atom is -0.385 e. The predicted octanol–water partition coefficient (Wildman–Crippen LogP) is 3.94. The lowest BCUT2D eigenvalue weighted by Gasteiger charge is -2.09. The molecule has 138 valence electrons. The highest BCUT2D eigenvalue weighted by atomic mass is 19.1. The molecule has 0 atom stereocenters. The van der Waals surface area contributed by atoms with Gasteiger partial charge in [-0.25, -0.2) is 8.78 Å². The third-order valence-corrected chi connectivity index (χ3v) is 4.05. The number of carbonyl (C=O) groups is 1. The number of rotatable bonds is 7. The highest BCUT2D eigenvalue weighted by molar-refractivity contribution is 5.93. The van der Waals surface area contributed by atoms with Crippen molar-refractivity contribution in [2.75, 3.05) is 11.9 Å². The minimum absolute atomic E-state index is 0.0927. The summed E-state index contributed by atoms with van der Waals surface area (Å²) in [4.78, 5) is 16.3. The largest absolute Gasteiger partial charge is 0.385 e. The van der Waals surface area contributed by atoms with Crippen LogP contribution in [0.2, 0.25) is 0 Å². The summed E-state index contributed by atoms with van der Waals surface area (Å²) in [5.41, 5.74) is 2.43. The van der Waals surface area contributed by atoms with E-state index in [2.05, 4.69) is 15.6 Å². The number of aromatic nitrogens is 1. The number of carbonyl (C=O) groups excluding carboxylic acids is 1. The zero-order chi connectivity index (χ0) is 19.1. The van der Waals surface area contributed by atoms with Crippen LogP contribution in [0.3, 0.4) is 0 Å². The molecule has 2 N–H and O–H groups in total. The van der Waals surface area contributed by atoms with Crippen LogP contribution in [0.1, 0.15) is 21.6 Å². The molecule has 0 bridgehead atoms. The summed E-state index contributed by atoms with van der Waals surface area (Å²) in [6.45, 7) is 0.724. The molecule has 0 radical (unpaired) electrons. The van der Waals surface area contributed by atoms with Crippen molar-refractivity contribution in [2.45, 2.75) is 13.0 Å². The average molecular weight is 367 g/mol. The average Bonchev–Trinajstić information content (AvgIpc) is 2.69. The Kier molecular flexibility index (Phi) is 6.10. The molecular weight excluding hydrogens is 348 g/mol. The zero-order valence-electron chi connectivity index (χ0n) is 14.6. The van der Waals surface area contributed by atoms with Gasteiger partial charge in [0, 0.05) is 30.5 Å². The Bertz CT molecular complexity index is 913. The highest BCUT2D eigenvalue weighted by Crippen LogP contribution is 2.10. The molecule has 0 fully saturated rings. The van der Waals surface area contributed by atoms with Crippen molar-refractivity contribution in [3.05, 3.63) is 95.3 Å². The highest BCUT2D eigenvalue weighted by Gasteiger charge is 2.09. The quantitative estimate of drug-likeness (QED) is 0.665. The summed E-state index contributed by atoms with van der Waals surface area (Å²) in [5.74, 6) is -0.991. The maximum atomic E-state index is 13.6. The lowest BCUT2D eigenvalue weighted by Crippen LogP contribution is -2.24. The summed E-state index contributed by atoms with van der Waals surface area (Å²) in [6.07, 6.45) is 2.26. The number of nitrogens with one attached hydrogen (secondary N) is 2. The van der Waals surface area contributed by atoms with Crippen molar-refractivity contribution in [3.63, 3.8) is 0 Å². The summed E-state index contributed by atoms with van der Waals surface area (Å²) in [5, 5.41) is 5.88. The first-order valence-corrected chi connectivity index (χ1v) is 8.58. The van der Waals surface area contributed by atoms with Crippen molar-refractivity contribution in [1.82, 2.24) is 10.3 Å². The van der Waals surface area contributed by atoms with Gasteiger partial charge in [-0.2, -0.15) is 0 Å². The van der Waals surface area contributed by atoms with Crippen LogP contribution in [0, 0.1) is 11.6 Å². The second kappa shape index (κ2) is 8.89. The molecule has 2 aromatic carbocycles. The molecule has 3 aromatic rings. The lowest BCUT2D eigenvalue weighted by atomic mass is 10.1. The fourth-order valence-electron chi connectivity index (χ4n) is 2.57. The molecule has 6 heteroatoms. The molecule has 1 amide bonds.